The van der Waals surface area contributed by atoms with E-state index in [1.54, 1.807) is 7.11 Å². The zero-order chi connectivity index (χ0) is 25.9. The van der Waals surface area contributed by atoms with Crippen LogP contribution in [-0.2, 0) is 29.1 Å². The number of hydrogen-bond acceptors (Lipinski definition) is 6. The summed E-state index contributed by atoms with van der Waals surface area (Å²) in [6.45, 7) is 4.07. The maximum absolute atomic E-state index is 11.5. The van der Waals surface area contributed by atoms with Gasteiger partial charge >= 0.3 is 5.97 Å². The summed E-state index contributed by atoms with van der Waals surface area (Å²) in [7, 11) is 3.13. The summed E-state index contributed by atoms with van der Waals surface area (Å²) in [5.74, 6) is 2.06. The Labute approximate surface area is 220 Å². The SMILES string of the molecule is COC(=O)CCCOc1cc(OCc2ccccc2)c[c]c1Cc1ccc(CN2CCCC2)c(OC)c1. The molecular formula is C31H36NO5. The second kappa shape index (κ2) is 13.7. The van der Waals surface area contributed by atoms with Crippen LogP contribution >= 0.6 is 0 Å². The molecule has 0 aromatic heterocycles. The lowest BCUT2D eigenvalue weighted by atomic mass is 10.0. The van der Waals surface area contributed by atoms with Crippen LogP contribution in [0.2, 0.25) is 0 Å². The fraction of sp³-hybridized carbons (Fsp3) is 0.387. The zero-order valence-electron chi connectivity index (χ0n) is 21.8. The van der Waals surface area contributed by atoms with Gasteiger partial charge in [0.15, 0.2) is 0 Å². The monoisotopic (exact) mass is 502 g/mol. The number of benzene rings is 3. The second-order valence-electron chi connectivity index (χ2n) is 9.29. The van der Waals surface area contributed by atoms with Gasteiger partial charge in [-0.3, -0.25) is 9.69 Å². The summed E-state index contributed by atoms with van der Waals surface area (Å²) in [5, 5.41) is 0. The van der Waals surface area contributed by atoms with Crippen molar-refractivity contribution in [2.45, 2.75) is 45.3 Å². The van der Waals surface area contributed by atoms with Crippen LogP contribution in [0.3, 0.4) is 0 Å². The van der Waals surface area contributed by atoms with Crippen molar-refractivity contribution in [3.05, 3.63) is 89.0 Å². The van der Waals surface area contributed by atoms with Crippen LogP contribution < -0.4 is 14.2 Å². The van der Waals surface area contributed by atoms with Gasteiger partial charge in [-0.25, -0.2) is 0 Å². The molecule has 0 saturated carbocycles. The first kappa shape index (κ1) is 26.6. The number of ether oxygens (including phenoxy) is 4. The van der Waals surface area contributed by atoms with E-state index in [-0.39, 0.29) is 5.97 Å². The minimum Gasteiger partial charge on any atom is -0.496 e. The molecule has 3 aromatic carbocycles. The van der Waals surface area contributed by atoms with Gasteiger partial charge in [0.25, 0.3) is 0 Å². The van der Waals surface area contributed by atoms with Gasteiger partial charge in [0.2, 0.25) is 0 Å². The molecule has 0 atom stereocenters. The normalized spacial score (nSPS) is 13.4. The van der Waals surface area contributed by atoms with Crippen molar-refractivity contribution in [3.63, 3.8) is 0 Å². The van der Waals surface area contributed by atoms with E-state index in [9.17, 15) is 4.79 Å². The predicted octanol–water partition coefficient (Wildman–Crippen LogP) is 5.59. The summed E-state index contributed by atoms with van der Waals surface area (Å²) in [6.07, 6.45) is 4.06. The molecule has 4 rings (SSSR count). The Morgan fingerprint density at radius 3 is 2.51 bits per heavy atom. The van der Waals surface area contributed by atoms with E-state index in [1.807, 2.05) is 42.5 Å². The predicted molar refractivity (Wildman–Crippen MR) is 143 cm³/mol. The van der Waals surface area contributed by atoms with E-state index in [2.05, 4.69) is 29.2 Å². The molecule has 1 radical (unpaired) electrons. The molecule has 1 aliphatic heterocycles. The van der Waals surface area contributed by atoms with Crippen LogP contribution in [0.5, 0.6) is 17.2 Å². The van der Waals surface area contributed by atoms with Gasteiger partial charge in [0, 0.05) is 36.6 Å². The Morgan fingerprint density at radius 1 is 0.946 bits per heavy atom. The van der Waals surface area contributed by atoms with Gasteiger partial charge in [0.1, 0.15) is 23.9 Å². The summed E-state index contributed by atoms with van der Waals surface area (Å²) in [4.78, 5) is 14.0. The molecule has 1 saturated heterocycles. The third-order valence-corrected chi connectivity index (χ3v) is 6.54. The number of carbonyl (C=O) groups is 1. The van der Waals surface area contributed by atoms with Crippen molar-refractivity contribution < 1.29 is 23.7 Å². The molecule has 3 aromatic rings. The standard InChI is InChI=1S/C31H36NO5/c1-34-29-20-25(12-13-27(29)22-32-16-6-7-17-32)19-26-14-15-28(37-23-24-9-4-3-5-10-24)21-30(26)36-18-8-11-31(33)35-2/h3-5,9-10,12-13,15,20-21H,6-8,11,16-19,22-23H2,1-2H3. The van der Waals surface area contributed by atoms with E-state index in [0.717, 1.165) is 42.1 Å². The van der Waals surface area contributed by atoms with Crippen molar-refractivity contribution >= 4 is 5.97 Å². The number of likely N-dealkylation sites (tertiary alicyclic amines) is 1. The lowest BCUT2D eigenvalue weighted by molar-refractivity contribution is -0.140. The van der Waals surface area contributed by atoms with Crippen LogP contribution in [-0.4, -0.2) is 44.8 Å². The third-order valence-electron chi connectivity index (χ3n) is 6.54. The maximum Gasteiger partial charge on any atom is 0.305 e. The third kappa shape index (κ3) is 7.99. The van der Waals surface area contributed by atoms with Gasteiger partial charge < -0.3 is 18.9 Å². The topological polar surface area (TPSA) is 57.2 Å². The molecule has 1 aliphatic rings. The lowest BCUT2D eigenvalue weighted by Crippen LogP contribution is -2.18. The summed E-state index contributed by atoms with van der Waals surface area (Å²) >= 11 is 0. The molecule has 1 fully saturated rings. The second-order valence-corrected chi connectivity index (χ2v) is 9.29. The smallest absolute Gasteiger partial charge is 0.305 e. The first-order chi connectivity index (χ1) is 18.1. The highest BCUT2D eigenvalue weighted by atomic mass is 16.5. The molecule has 1 heterocycles. The number of nitrogens with zero attached hydrogens (tertiary/aromatic N) is 1. The molecular weight excluding hydrogens is 466 g/mol. The molecule has 37 heavy (non-hydrogen) atoms. The number of hydrogen-bond donors (Lipinski definition) is 0. The molecule has 6 heteroatoms. The minimum absolute atomic E-state index is 0.239. The number of carbonyl (C=O) groups excluding carboxylic acids is 1. The zero-order valence-corrected chi connectivity index (χ0v) is 21.8. The van der Waals surface area contributed by atoms with Crippen molar-refractivity contribution in [2.24, 2.45) is 0 Å². The first-order valence-corrected chi connectivity index (χ1v) is 12.9. The molecule has 0 N–H and O–H groups in total. The molecule has 0 amide bonds. The number of esters is 1. The molecule has 0 unspecified atom stereocenters. The average molecular weight is 503 g/mol. The Balaban J connectivity index is 1.47. The van der Waals surface area contributed by atoms with Crippen LogP contribution in [0.1, 0.15) is 47.9 Å². The Kier molecular flexibility index (Phi) is 9.83. The van der Waals surface area contributed by atoms with Gasteiger partial charge in [-0.1, -0.05) is 42.5 Å². The van der Waals surface area contributed by atoms with Crippen LogP contribution in [0.25, 0.3) is 0 Å². The molecule has 6 nitrogen and oxygen atoms in total. The van der Waals surface area contributed by atoms with Crippen LogP contribution in [0.4, 0.5) is 0 Å². The largest absolute Gasteiger partial charge is 0.496 e. The lowest BCUT2D eigenvalue weighted by Gasteiger charge is -2.18. The minimum atomic E-state index is -0.239. The maximum atomic E-state index is 11.5. The van der Waals surface area contributed by atoms with Crippen molar-refractivity contribution in [2.75, 3.05) is 33.9 Å². The first-order valence-electron chi connectivity index (χ1n) is 12.9. The van der Waals surface area contributed by atoms with E-state index in [1.165, 1.54) is 25.5 Å². The number of rotatable bonds is 13. The van der Waals surface area contributed by atoms with Crippen molar-refractivity contribution in [3.8, 4) is 17.2 Å². The van der Waals surface area contributed by atoms with Crippen LogP contribution in [0.15, 0.2) is 60.7 Å². The van der Waals surface area contributed by atoms with Gasteiger partial charge in [-0.15, -0.1) is 0 Å². The highest BCUT2D eigenvalue weighted by Gasteiger charge is 2.15. The summed E-state index contributed by atoms with van der Waals surface area (Å²) in [6, 6.07) is 23.6. The molecule has 0 aliphatic carbocycles. The van der Waals surface area contributed by atoms with Crippen molar-refractivity contribution in [1.82, 2.24) is 4.90 Å². The van der Waals surface area contributed by atoms with E-state index >= 15 is 0 Å². The van der Waals surface area contributed by atoms with Gasteiger partial charge in [-0.05, 0) is 61.7 Å². The Hall–Kier alpha value is -3.51. The van der Waals surface area contributed by atoms with E-state index < -0.39 is 0 Å². The van der Waals surface area contributed by atoms with E-state index in [0.29, 0.717) is 44.0 Å². The average Bonchev–Trinajstić information content (AvgIpc) is 3.45. The van der Waals surface area contributed by atoms with Gasteiger partial charge in [-0.2, -0.15) is 0 Å². The Morgan fingerprint density at radius 2 is 1.76 bits per heavy atom. The fourth-order valence-corrected chi connectivity index (χ4v) is 4.49. The van der Waals surface area contributed by atoms with Crippen LogP contribution in [0, 0.1) is 6.07 Å². The molecule has 0 bridgehead atoms. The highest BCUT2D eigenvalue weighted by Crippen LogP contribution is 2.30. The van der Waals surface area contributed by atoms with E-state index in [4.69, 9.17) is 18.9 Å². The van der Waals surface area contributed by atoms with Gasteiger partial charge in [0.05, 0.1) is 20.8 Å². The number of methoxy groups -OCH3 is 2. The summed E-state index contributed by atoms with van der Waals surface area (Å²) < 4.78 is 22.6. The molecule has 0 spiro atoms. The fourth-order valence-electron chi connectivity index (χ4n) is 4.49. The molecule has 195 valence electrons. The Bertz CT molecular complexity index is 1140. The van der Waals surface area contributed by atoms with Crippen molar-refractivity contribution in [1.29, 1.82) is 0 Å². The quantitative estimate of drug-likeness (QED) is 0.224. The highest BCUT2D eigenvalue weighted by molar-refractivity contribution is 5.69. The summed E-state index contributed by atoms with van der Waals surface area (Å²) in [5.41, 5.74) is 4.35.